The molecule has 3 unspecified atom stereocenters. The van der Waals surface area contributed by atoms with Gasteiger partial charge in [-0.2, -0.15) is 0 Å². The van der Waals surface area contributed by atoms with Gasteiger partial charge in [0.2, 0.25) is 0 Å². The van der Waals surface area contributed by atoms with Gasteiger partial charge in [0, 0.05) is 0 Å². The van der Waals surface area contributed by atoms with E-state index in [1.54, 1.807) is 5.56 Å². The number of benzene rings is 2. The van der Waals surface area contributed by atoms with Gasteiger partial charge in [0.1, 0.15) is 12.4 Å². The summed E-state index contributed by atoms with van der Waals surface area (Å²) >= 11 is 0. The average molecular weight is 373 g/mol. The van der Waals surface area contributed by atoms with Crippen molar-refractivity contribution < 1.29 is 4.74 Å². The lowest BCUT2D eigenvalue weighted by molar-refractivity contribution is 0.0410. The summed E-state index contributed by atoms with van der Waals surface area (Å²) in [7, 11) is 0. The fraction of sp³-hybridized carbons (Fsp3) is 0.481. The third-order valence-electron chi connectivity index (χ3n) is 8.30. The van der Waals surface area contributed by atoms with Gasteiger partial charge in [0.05, 0.1) is 0 Å². The Morgan fingerprint density at radius 2 is 1.93 bits per heavy atom. The molecule has 3 aliphatic rings. The molecule has 0 N–H and O–H groups in total. The van der Waals surface area contributed by atoms with E-state index in [2.05, 4.69) is 68.1 Å². The molecule has 3 aliphatic carbocycles. The lowest BCUT2D eigenvalue weighted by Gasteiger charge is -2.50. The highest BCUT2D eigenvalue weighted by Crippen LogP contribution is 2.63. The molecule has 0 saturated heterocycles. The van der Waals surface area contributed by atoms with Crippen molar-refractivity contribution in [1.82, 2.24) is 0 Å². The minimum absolute atomic E-state index is 0.499. The lowest BCUT2D eigenvalue weighted by Crippen LogP contribution is -2.41. The van der Waals surface area contributed by atoms with Crippen LogP contribution in [0.2, 0.25) is 0 Å². The van der Waals surface area contributed by atoms with Crippen LogP contribution in [0.3, 0.4) is 0 Å². The summed E-state index contributed by atoms with van der Waals surface area (Å²) in [4.78, 5) is 0. The molecule has 0 bridgehead atoms. The third-order valence-corrected chi connectivity index (χ3v) is 8.30. The molecule has 5 rings (SSSR count). The molecule has 2 fully saturated rings. The van der Waals surface area contributed by atoms with Crippen LogP contribution >= 0.6 is 0 Å². The molecule has 1 heteroatoms. The van der Waals surface area contributed by atoms with Crippen LogP contribution in [0.1, 0.15) is 61.6 Å². The van der Waals surface area contributed by atoms with Crippen LogP contribution in [0.5, 0.6) is 5.75 Å². The summed E-state index contributed by atoms with van der Waals surface area (Å²) in [6, 6.07) is 17.4. The van der Waals surface area contributed by atoms with Crippen LogP contribution in [0.4, 0.5) is 0 Å². The van der Waals surface area contributed by atoms with E-state index < -0.39 is 0 Å². The second-order valence-electron chi connectivity index (χ2n) is 9.51. The first-order chi connectivity index (χ1) is 13.7. The van der Waals surface area contributed by atoms with E-state index in [0.29, 0.717) is 12.0 Å². The number of hydrogen-bond acceptors (Lipinski definition) is 1. The zero-order valence-electron chi connectivity index (χ0n) is 17.1. The van der Waals surface area contributed by atoms with Gasteiger partial charge in [0.25, 0.3) is 0 Å². The van der Waals surface area contributed by atoms with E-state index in [0.717, 1.165) is 29.4 Å². The Morgan fingerprint density at radius 1 is 1.07 bits per heavy atom. The van der Waals surface area contributed by atoms with E-state index in [1.165, 1.54) is 49.7 Å². The first-order valence-corrected chi connectivity index (χ1v) is 11.1. The number of fused-ring (bicyclic) bond motifs is 5. The van der Waals surface area contributed by atoms with Crippen LogP contribution in [0, 0.1) is 23.2 Å². The van der Waals surface area contributed by atoms with Crippen molar-refractivity contribution in [2.45, 2.75) is 58.0 Å². The zero-order valence-corrected chi connectivity index (χ0v) is 17.1. The normalized spacial score (nSPS) is 33.5. The summed E-state index contributed by atoms with van der Waals surface area (Å²) in [5, 5.41) is 0. The first-order valence-electron chi connectivity index (χ1n) is 11.1. The molecule has 0 radical (unpaired) electrons. The second kappa shape index (κ2) is 7.10. The largest absolute Gasteiger partial charge is 0.489 e. The van der Waals surface area contributed by atoms with Crippen molar-refractivity contribution in [3.8, 4) is 5.75 Å². The maximum atomic E-state index is 6.10. The van der Waals surface area contributed by atoms with Gasteiger partial charge in [-0.15, -0.1) is 6.58 Å². The molecule has 2 aromatic carbocycles. The molecule has 0 spiro atoms. The molecule has 0 aromatic heterocycles. The predicted molar refractivity (Wildman–Crippen MR) is 116 cm³/mol. The molecule has 28 heavy (non-hydrogen) atoms. The third kappa shape index (κ3) is 2.91. The minimum atomic E-state index is 0.499. The summed E-state index contributed by atoms with van der Waals surface area (Å²) in [5.41, 5.74) is 4.88. The standard InChI is InChI=1S/C27H32O/c1-3-21-10-14-26-25-12-9-20-17-22(28-18-19-7-5-4-6-8-19)11-13-23(20)24(25)15-16-27(21,26)2/h3-8,11,13,17,21,24-26H,1,9-10,12,14-16,18H2,2H3/t21-,24?,25?,26?,27+/m0/s1. The highest BCUT2D eigenvalue weighted by molar-refractivity contribution is 5.41. The zero-order chi connectivity index (χ0) is 19.1. The summed E-state index contributed by atoms with van der Waals surface area (Å²) < 4.78 is 6.10. The van der Waals surface area contributed by atoms with Gasteiger partial charge >= 0.3 is 0 Å². The van der Waals surface area contributed by atoms with Crippen LogP contribution < -0.4 is 4.74 Å². The van der Waals surface area contributed by atoms with E-state index >= 15 is 0 Å². The number of rotatable bonds is 4. The number of aryl methyl sites for hydroxylation is 1. The molecule has 0 heterocycles. The highest BCUT2D eigenvalue weighted by atomic mass is 16.5. The Bertz CT molecular complexity index is 854. The van der Waals surface area contributed by atoms with Gasteiger partial charge in [-0.05, 0) is 96.4 Å². The van der Waals surface area contributed by atoms with E-state index in [1.807, 2.05) is 0 Å². The van der Waals surface area contributed by atoms with E-state index in [-0.39, 0.29) is 0 Å². The molecule has 5 atom stereocenters. The Morgan fingerprint density at radius 3 is 2.75 bits per heavy atom. The fourth-order valence-electron chi connectivity index (χ4n) is 6.82. The van der Waals surface area contributed by atoms with Crippen LogP contribution in [-0.4, -0.2) is 0 Å². The quantitative estimate of drug-likeness (QED) is 0.529. The van der Waals surface area contributed by atoms with Gasteiger partial charge < -0.3 is 4.74 Å². The van der Waals surface area contributed by atoms with Gasteiger partial charge in [-0.3, -0.25) is 0 Å². The van der Waals surface area contributed by atoms with Gasteiger partial charge in [-0.25, -0.2) is 0 Å². The average Bonchev–Trinajstić information content (AvgIpc) is 3.09. The number of hydrogen-bond donors (Lipinski definition) is 0. The Labute approximate surface area is 169 Å². The van der Waals surface area contributed by atoms with Crippen LogP contribution in [0.15, 0.2) is 61.2 Å². The van der Waals surface area contributed by atoms with Gasteiger partial charge in [-0.1, -0.05) is 49.4 Å². The van der Waals surface area contributed by atoms with Crippen molar-refractivity contribution in [3.05, 3.63) is 77.9 Å². The molecule has 2 aromatic rings. The first kappa shape index (κ1) is 18.0. The number of ether oxygens (including phenoxy) is 1. The van der Waals surface area contributed by atoms with Gasteiger partial charge in [0.15, 0.2) is 0 Å². The maximum Gasteiger partial charge on any atom is 0.120 e. The van der Waals surface area contributed by atoms with Crippen molar-refractivity contribution in [2.24, 2.45) is 23.2 Å². The molecule has 2 saturated carbocycles. The summed E-state index contributed by atoms with van der Waals surface area (Å²) in [6.07, 6.45) is 10.3. The van der Waals surface area contributed by atoms with Crippen molar-refractivity contribution >= 4 is 0 Å². The Balaban J connectivity index is 1.34. The van der Waals surface area contributed by atoms with Crippen molar-refractivity contribution in [3.63, 3.8) is 0 Å². The predicted octanol–water partition coefficient (Wildman–Crippen LogP) is 6.92. The smallest absolute Gasteiger partial charge is 0.120 e. The second-order valence-corrected chi connectivity index (χ2v) is 9.51. The lowest BCUT2D eigenvalue weighted by atomic mass is 9.54. The number of allylic oxidation sites excluding steroid dienone is 1. The Hall–Kier alpha value is -2.02. The molecular formula is C27H32O. The highest BCUT2D eigenvalue weighted by Gasteiger charge is 2.53. The van der Waals surface area contributed by atoms with E-state index in [9.17, 15) is 0 Å². The summed E-state index contributed by atoms with van der Waals surface area (Å²) in [5.74, 6) is 4.26. The van der Waals surface area contributed by atoms with Crippen molar-refractivity contribution in [2.75, 3.05) is 0 Å². The summed E-state index contributed by atoms with van der Waals surface area (Å²) in [6.45, 7) is 7.36. The van der Waals surface area contributed by atoms with Crippen LogP contribution in [-0.2, 0) is 13.0 Å². The Kier molecular flexibility index (Phi) is 4.57. The molecule has 0 aliphatic heterocycles. The maximum absolute atomic E-state index is 6.10. The minimum Gasteiger partial charge on any atom is -0.489 e. The fourth-order valence-corrected chi connectivity index (χ4v) is 6.82. The van der Waals surface area contributed by atoms with E-state index in [4.69, 9.17) is 4.74 Å². The topological polar surface area (TPSA) is 9.23 Å². The molecular weight excluding hydrogens is 340 g/mol. The van der Waals surface area contributed by atoms with Crippen LogP contribution in [0.25, 0.3) is 0 Å². The molecule has 0 amide bonds. The SMILES string of the molecule is C=C[C@H]1CCC2C3CCc4cc(OCc5ccccc5)ccc4C3CC[C@@]21C. The molecule has 146 valence electrons. The van der Waals surface area contributed by atoms with Crippen molar-refractivity contribution in [1.29, 1.82) is 0 Å². The monoisotopic (exact) mass is 372 g/mol. The molecule has 1 nitrogen and oxygen atoms in total.